The number of pyridine rings is 1. The van der Waals surface area contributed by atoms with Gasteiger partial charge in [0.15, 0.2) is 4.77 Å². The summed E-state index contributed by atoms with van der Waals surface area (Å²) in [6.45, 7) is 0. The molecule has 0 aliphatic heterocycles. The van der Waals surface area contributed by atoms with Crippen LogP contribution in [-0.4, -0.2) is 9.38 Å². The highest BCUT2D eigenvalue weighted by molar-refractivity contribution is 7.71. The van der Waals surface area contributed by atoms with Gasteiger partial charge in [0.25, 0.3) is 0 Å². The van der Waals surface area contributed by atoms with Crippen LogP contribution in [0.1, 0.15) is 0 Å². The third-order valence-corrected chi connectivity index (χ3v) is 3.59. The maximum atomic E-state index is 5.91. The van der Waals surface area contributed by atoms with Crippen LogP contribution in [0.2, 0.25) is 0 Å². The van der Waals surface area contributed by atoms with Gasteiger partial charge in [-0.25, -0.2) is 0 Å². The Morgan fingerprint density at radius 3 is 2.89 bits per heavy atom. The van der Waals surface area contributed by atoms with Crippen molar-refractivity contribution in [3.8, 4) is 11.3 Å². The molecule has 0 unspecified atom stereocenters. The van der Waals surface area contributed by atoms with E-state index in [2.05, 4.69) is 11.1 Å². The molecule has 0 amide bonds. The maximum Gasteiger partial charge on any atom is 0.181 e. The lowest BCUT2D eigenvalue weighted by molar-refractivity contribution is 0.632. The molecule has 0 aliphatic carbocycles. The summed E-state index contributed by atoms with van der Waals surface area (Å²) in [6.07, 6.45) is 3.85. The molecule has 0 fully saturated rings. The van der Waals surface area contributed by atoms with E-state index < -0.39 is 0 Å². The van der Waals surface area contributed by atoms with Gasteiger partial charge in [-0.2, -0.15) is 0 Å². The van der Waals surface area contributed by atoms with Crippen molar-refractivity contribution < 1.29 is 4.42 Å². The topological polar surface area (TPSA) is 33.3 Å². The number of benzene rings is 1. The predicted molar refractivity (Wildman–Crippen MR) is 77.8 cm³/mol. The predicted octanol–water partition coefficient (Wildman–Crippen LogP) is 4.41. The minimum atomic E-state index is 0.688. The molecular formula is C15H10N2OS. The van der Waals surface area contributed by atoms with Gasteiger partial charge < -0.3 is 9.40 Å². The number of nitrogens with zero attached hydrogens (tertiary/aromatic N) is 1. The molecule has 1 N–H and O–H groups in total. The van der Waals surface area contributed by atoms with E-state index in [-0.39, 0.29) is 0 Å². The third-order valence-electron chi connectivity index (χ3n) is 3.28. The average molecular weight is 266 g/mol. The first kappa shape index (κ1) is 10.6. The Morgan fingerprint density at radius 1 is 1.11 bits per heavy atom. The van der Waals surface area contributed by atoms with Crippen LogP contribution < -0.4 is 0 Å². The second-order valence-electron chi connectivity index (χ2n) is 4.42. The maximum absolute atomic E-state index is 5.91. The molecule has 0 saturated carbocycles. The van der Waals surface area contributed by atoms with Crippen LogP contribution >= 0.6 is 12.2 Å². The first-order valence-corrected chi connectivity index (χ1v) is 6.41. The number of imidazole rings is 1. The third kappa shape index (κ3) is 1.54. The van der Waals surface area contributed by atoms with Crippen molar-refractivity contribution >= 4 is 28.7 Å². The largest absolute Gasteiger partial charge is 0.456 e. The van der Waals surface area contributed by atoms with Gasteiger partial charge >= 0.3 is 0 Å². The summed E-state index contributed by atoms with van der Waals surface area (Å²) in [5, 5.41) is 1.11. The fourth-order valence-electron chi connectivity index (χ4n) is 2.37. The first-order chi connectivity index (χ1) is 9.33. The lowest BCUT2D eigenvalue weighted by Crippen LogP contribution is -1.85. The van der Waals surface area contributed by atoms with E-state index in [1.165, 1.54) is 0 Å². The fourth-order valence-corrected chi connectivity index (χ4v) is 2.59. The average Bonchev–Trinajstić information content (AvgIpc) is 3.03. The van der Waals surface area contributed by atoms with E-state index in [9.17, 15) is 0 Å². The molecule has 4 heteroatoms. The number of rotatable bonds is 1. The number of aromatic nitrogens is 2. The van der Waals surface area contributed by atoms with Crippen molar-refractivity contribution in [3.63, 3.8) is 0 Å². The molecule has 3 nitrogen and oxygen atoms in total. The first-order valence-electron chi connectivity index (χ1n) is 6.01. The van der Waals surface area contributed by atoms with Crippen molar-refractivity contribution in [2.24, 2.45) is 0 Å². The number of H-pyrrole nitrogens is 1. The van der Waals surface area contributed by atoms with Gasteiger partial charge in [-0.05, 0) is 36.5 Å². The summed E-state index contributed by atoms with van der Waals surface area (Å²) in [7, 11) is 0. The highest BCUT2D eigenvalue weighted by Gasteiger charge is 2.09. The van der Waals surface area contributed by atoms with E-state index in [0.29, 0.717) is 4.77 Å². The Labute approximate surface area is 114 Å². The van der Waals surface area contributed by atoms with Gasteiger partial charge in [0.2, 0.25) is 0 Å². The molecule has 1 aromatic carbocycles. The minimum Gasteiger partial charge on any atom is -0.456 e. The number of fused-ring (bicyclic) bond motifs is 2. The number of nitrogens with one attached hydrogen (secondary N) is 1. The van der Waals surface area contributed by atoms with Gasteiger partial charge in [0, 0.05) is 23.3 Å². The number of furan rings is 1. The zero-order chi connectivity index (χ0) is 12.8. The van der Waals surface area contributed by atoms with Crippen LogP contribution in [0.3, 0.4) is 0 Å². The molecule has 3 heterocycles. The van der Waals surface area contributed by atoms with Gasteiger partial charge in [-0.15, -0.1) is 0 Å². The zero-order valence-electron chi connectivity index (χ0n) is 9.96. The second-order valence-corrected chi connectivity index (χ2v) is 4.81. The highest BCUT2D eigenvalue weighted by atomic mass is 32.1. The SMILES string of the molecule is S=c1[nH]cc2c(-c3cc4ccccc4o3)cccn12. The van der Waals surface area contributed by atoms with Gasteiger partial charge in [-0.3, -0.25) is 4.40 Å². The summed E-state index contributed by atoms with van der Waals surface area (Å²) in [6, 6.07) is 14.1. The molecule has 0 spiro atoms. The van der Waals surface area contributed by atoms with Crippen LogP contribution in [0, 0.1) is 4.77 Å². The smallest absolute Gasteiger partial charge is 0.181 e. The van der Waals surface area contributed by atoms with E-state index in [1.54, 1.807) is 0 Å². The molecule has 92 valence electrons. The molecule has 0 bridgehead atoms. The standard InChI is InChI=1S/C15H10N2OS/c19-15-16-9-12-11(5-3-7-17(12)15)14-8-10-4-1-2-6-13(10)18-14/h1-9H,(H,16,19). The lowest BCUT2D eigenvalue weighted by atomic mass is 10.1. The van der Waals surface area contributed by atoms with Crippen LogP contribution in [-0.2, 0) is 0 Å². The minimum absolute atomic E-state index is 0.688. The van der Waals surface area contributed by atoms with Crippen molar-refractivity contribution in [1.29, 1.82) is 0 Å². The van der Waals surface area contributed by atoms with Crippen LogP contribution in [0.25, 0.3) is 27.8 Å². The van der Waals surface area contributed by atoms with E-state index in [0.717, 1.165) is 27.8 Å². The van der Waals surface area contributed by atoms with Crippen molar-refractivity contribution in [1.82, 2.24) is 9.38 Å². The molecule has 4 rings (SSSR count). The molecular weight excluding hydrogens is 256 g/mol. The Balaban J connectivity index is 2.06. The fraction of sp³-hybridized carbons (Fsp3) is 0. The van der Waals surface area contributed by atoms with Gasteiger partial charge in [0.05, 0.1) is 5.52 Å². The van der Waals surface area contributed by atoms with Gasteiger partial charge in [0.1, 0.15) is 11.3 Å². The van der Waals surface area contributed by atoms with E-state index in [1.807, 2.05) is 53.2 Å². The Hall–Kier alpha value is -2.33. The summed E-state index contributed by atoms with van der Waals surface area (Å²) in [5.74, 6) is 0.855. The monoisotopic (exact) mass is 266 g/mol. The Morgan fingerprint density at radius 2 is 2.00 bits per heavy atom. The van der Waals surface area contributed by atoms with Crippen molar-refractivity contribution in [2.75, 3.05) is 0 Å². The van der Waals surface area contributed by atoms with Crippen LogP contribution in [0.5, 0.6) is 0 Å². The second kappa shape index (κ2) is 3.83. The molecule has 0 radical (unpaired) electrons. The number of para-hydroxylation sites is 1. The molecule has 19 heavy (non-hydrogen) atoms. The lowest BCUT2D eigenvalue weighted by Gasteiger charge is -2.00. The summed E-state index contributed by atoms with van der Waals surface area (Å²) < 4.78 is 8.54. The highest BCUT2D eigenvalue weighted by Crippen LogP contribution is 2.30. The number of aromatic amines is 1. The molecule has 4 aromatic rings. The number of hydrogen-bond acceptors (Lipinski definition) is 2. The Bertz CT molecular complexity index is 912. The van der Waals surface area contributed by atoms with Crippen LogP contribution in [0.4, 0.5) is 0 Å². The van der Waals surface area contributed by atoms with Crippen LogP contribution in [0.15, 0.2) is 59.3 Å². The normalized spacial score (nSPS) is 11.4. The van der Waals surface area contributed by atoms with E-state index >= 15 is 0 Å². The Kier molecular flexibility index (Phi) is 2.13. The quantitative estimate of drug-likeness (QED) is 0.518. The molecule has 3 aromatic heterocycles. The summed E-state index contributed by atoms with van der Waals surface area (Å²) >= 11 is 5.24. The van der Waals surface area contributed by atoms with Crippen molar-refractivity contribution in [3.05, 3.63) is 59.6 Å². The number of hydrogen-bond donors (Lipinski definition) is 1. The molecule has 0 saturated heterocycles. The van der Waals surface area contributed by atoms with E-state index in [4.69, 9.17) is 16.6 Å². The molecule has 0 aliphatic rings. The zero-order valence-corrected chi connectivity index (χ0v) is 10.8. The molecule has 0 atom stereocenters. The van der Waals surface area contributed by atoms with Gasteiger partial charge in [-0.1, -0.05) is 18.2 Å². The van der Waals surface area contributed by atoms with Crippen molar-refractivity contribution in [2.45, 2.75) is 0 Å². The summed E-state index contributed by atoms with van der Waals surface area (Å²) in [5.41, 5.74) is 2.95. The summed E-state index contributed by atoms with van der Waals surface area (Å²) in [4.78, 5) is 3.06.